The first-order valence-corrected chi connectivity index (χ1v) is 11.9. The van der Waals surface area contributed by atoms with Crippen LogP contribution in [0.5, 0.6) is 11.5 Å². The topological polar surface area (TPSA) is 84.8 Å². The first-order chi connectivity index (χ1) is 16.2. The van der Waals surface area contributed by atoms with Crippen LogP contribution >= 0.6 is 0 Å². The van der Waals surface area contributed by atoms with E-state index in [2.05, 4.69) is 42.0 Å². The zero-order valence-electron chi connectivity index (χ0n) is 20.3. The second kappa shape index (κ2) is 8.32. The van der Waals surface area contributed by atoms with Crippen molar-refractivity contribution >= 4 is 22.5 Å². The molecule has 0 bridgehead atoms. The van der Waals surface area contributed by atoms with Crippen LogP contribution in [0.4, 0.5) is 5.69 Å². The number of carbonyl (C=O) groups excluding carboxylic acids is 1. The first-order valence-electron chi connectivity index (χ1n) is 11.9. The predicted molar refractivity (Wildman–Crippen MR) is 135 cm³/mol. The van der Waals surface area contributed by atoms with Crippen molar-refractivity contribution in [1.82, 2.24) is 9.88 Å². The Morgan fingerprint density at radius 2 is 1.91 bits per heavy atom. The molecule has 1 unspecified atom stereocenters. The summed E-state index contributed by atoms with van der Waals surface area (Å²) in [5, 5.41) is 17.7. The van der Waals surface area contributed by atoms with Crippen LogP contribution in [0, 0.1) is 0 Å². The normalized spacial score (nSPS) is 17.1. The number of fused-ring (bicyclic) bond motifs is 2. The van der Waals surface area contributed by atoms with Crippen molar-refractivity contribution in [2.24, 2.45) is 0 Å². The van der Waals surface area contributed by atoms with Crippen LogP contribution in [0.15, 0.2) is 42.5 Å². The Kier molecular flexibility index (Phi) is 5.57. The summed E-state index contributed by atoms with van der Waals surface area (Å²) < 4.78 is 13.1. The molecule has 182 valence electrons. The molecule has 0 spiro atoms. The molecule has 1 atom stereocenters. The molecule has 2 aromatic carbocycles. The van der Waals surface area contributed by atoms with Gasteiger partial charge in [0, 0.05) is 35.7 Å². The molecule has 5 rings (SSSR count). The summed E-state index contributed by atoms with van der Waals surface area (Å²) in [5.74, 6) is 1.43. The number of hydrogen-bond donors (Lipinski definition) is 3. The molecular weight excluding hydrogens is 430 g/mol. The van der Waals surface area contributed by atoms with Gasteiger partial charge in [-0.3, -0.25) is 4.79 Å². The average molecular weight is 466 g/mol. The maximum absolute atomic E-state index is 13.4. The minimum Gasteiger partial charge on any atom is -0.454 e. The number of carbonyl (C=O) groups is 1. The van der Waals surface area contributed by atoms with E-state index in [9.17, 15) is 9.90 Å². The smallest absolute Gasteiger partial charge is 0.235 e. The molecule has 1 fully saturated rings. The van der Waals surface area contributed by atoms with Crippen LogP contribution in [0.3, 0.4) is 0 Å². The number of aliphatic hydroxyl groups is 1. The summed E-state index contributed by atoms with van der Waals surface area (Å²) in [6.07, 6.45) is 1.14. The highest BCUT2D eigenvalue weighted by Crippen LogP contribution is 2.51. The third kappa shape index (κ3) is 4.03. The number of amides is 1. The van der Waals surface area contributed by atoms with Gasteiger partial charge in [0.25, 0.3) is 0 Å². The third-order valence-electron chi connectivity index (χ3n) is 6.87. The summed E-state index contributed by atoms with van der Waals surface area (Å²) in [7, 11) is 1.84. The van der Waals surface area contributed by atoms with E-state index in [0.717, 1.165) is 46.4 Å². The van der Waals surface area contributed by atoms with Crippen molar-refractivity contribution < 1.29 is 20.8 Å². The number of hydrogen-bond acceptors (Lipinski definition) is 5. The van der Waals surface area contributed by atoms with Gasteiger partial charge in [-0.05, 0) is 61.9 Å². The lowest BCUT2D eigenvalue weighted by Gasteiger charge is -2.23. The number of aromatic nitrogens is 1. The fourth-order valence-electron chi connectivity index (χ4n) is 4.89. The Bertz CT molecular complexity index is 1240. The monoisotopic (exact) mass is 465 g/mol. The number of aliphatic hydroxyl groups excluding tert-OH is 1. The summed E-state index contributed by atoms with van der Waals surface area (Å²) in [6.45, 7) is 7.78. The van der Waals surface area contributed by atoms with E-state index < -0.39 is 11.5 Å². The predicted octanol–water partition coefficient (Wildman–Crippen LogP) is 4.16. The molecule has 1 aliphatic carbocycles. The van der Waals surface area contributed by atoms with E-state index in [1.807, 2.05) is 43.4 Å². The first kappa shape index (κ1) is 22.7. The Balaban J connectivity index is 0.00000289. The number of anilines is 1. The number of ether oxygens (including phenoxy) is 2. The molecule has 34 heavy (non-hydrogen) atoms. The van der Waals surface area contributed by atoms with Gasteiger partial charge in [0.2, 0.25) is 12.7 Å². The molecule has 1 aromatic heterocycles. The molecule has 1 saturated carbocycles. The summed E-state index contributed by atoms with van der Waals surface area (Å²) in [6, 6.07) is 14.0. The molecule has 7 nitrogen and oxygen atoms in total. The zero-order valence-corrected chi connectivity index (χ0v) is 20.3. The van der Waals surface area contributed by atoms with Crippen molar-refractivity contribution in [2.75, 3.05) is 25.7 Å². The largest absolute Gasteiger partial charge is 0.454 e. The maximum Gasteiger partial charge on any atom is 0.235 e. The standard InChI is InChI=1S/C27H33N3O4.H2/c1-26(2,3)24-12-17-11-19(6-7-21(17)30(24)15-20(31)14-28-4)29-25(32)27(9-10-27)18-5-8-22-23(13-18)34-16-33-22;/h5-8,11-13,20,28,31H,9-10,14-16H2,1-4H3,(H,29,32);1H. The molecule has 3 N–H and O–H groups in total. The van der Waals surface area contributed by atoms with Crippen molar-refractivity contribution in [3.05, 3.63) is 53.7 Å². The molecule has 0 radical (unpaired) electrons. The van der Waals surface area contributed by atoms with Gasteiger partial charge in [-0.15, -0.1) is 0 Å². The van der Waals surface area contributed by atoms with E-state index >= 15 is 0 Å². The SMILES string of the molecule is CNCC(O)Cn1c(C(C)(C)C)cc2cc(NC(=O)C3(c4ccc5c(c4)OCO5)CC3)ccc21.[HH]. The van der Waals surface area contributed by atoms with E-state index in [1.54, 1.807) is 0 Å². The molecule has 7 heteroatoms. The van der Waals surface area contributed by atoms with Gasteiger partial charge in [-0.2, -0.15) is 0 Å². The van der Waals surface area contributed by atoms with E-state index in [1.165, 1.54) is 0 Å². The number of nitrogens with zero attached hydrogens (tertiary/aromatic N) is 1. The highest BCUT2D eigenvalue weighted by Gasteiger charge is 2.51. The molecule has 3 aromatic rings. The fourth-order valence-corrected chi connectivity index (χ4v) is 4.89. The van der Waals surface area contributed by atoms with Gasteiger partial charge >= 0.3 is 0 Å². The van der Waals surface area contributed by atoms with Gasteiger partial charge in [-0.25, -0.2) is 0 Å². The second-order valence-corrected chi connectivity index (χ2v) is 10.5. The van der Waals surface area contributed by atoms with Crippen molar-refractivity contribution in [1.29, 1.82) is 0 Å². The minimum atomic E-state index is -0.518. The van der Waals surface area contributed by atoms with Gasteiger partial charge in [0.15, 0.2) is 11.5 Å². The second-order valence-electron chi connectivity index (χ2n) is 10.5. The Labute approximate surface area is 201 Å². The number of rotatable bonds is 7. The van der Waals surface area contributed by atoms with Crippen LogP contribution in [0.1, 0.15) is 46.3 Å². The average Bonchev–Trinajstić information content (AvgIpc) is 3.33. The van der Waals surface area contributed by atoms with Crippen LogP contribution in [-0.2, 0) is 22.2 Å². The highest BCUT2D eigenvalue weighted by molar-refractivity contribution is 6.02. The van der Waals surface area contributed by atoms with E-state index in [4.69, 9.17) is 9.47 Å². The molecular formula is C27H35N3O4. The number of benzene rings is 2. The Morgan fingerprint density at radius 3 is 2.62 bits per heavy atom. The van der Waals surface area contributed by atoms with Crippen LogP contribution in [0.25, 0.3) is 10.9 Å². The number of likely N-dealkylation sites (N-methyl/N-ethyl adjacent to an activating group) is 1. The van der Waals surface area contributed by atoms with E-state index in [-0.39, 0.29) is 19.5 Å². The summed E-state index contributed by atoms with van der Waals surface area (Å²) >= 11 is 0. The number of nitrogens with one attached hydrogen (secondary N) is 2. The lowest BCUT2D eigenvalue weighted by Crippen LogP contribution is -2.30. The third-order valence-corrected chi connectivity index (χ3v) is 6.87. The van der Waals surface area contributed by atoms with E-state index in [0.29, 0.717) is 18.8 Å². The van der Waals surface area contributed by atoms with Crippen LogP contribution in [0.2, 0.25) is 0 Å². The summed E-state index contributed by atoms with van der Waals surface area (Å²) in [5.41, 5.74) is 3.35. The minimum absolute atomic E-state index is 0. The zero-order chi connectivity index (χ0) is 24.1. The van der Waals surface area contributed by atoms with Gasteiger partial charge in [-0.1, -0.05) is 26.8 Å². The fraction of sp³-hybridized carbons (Fsp3) is 0.444. The van der Waals surface area contributed by atoms with Gasteiger partial charge in [0.05, 0.1) is 18.1 Å². The Morgan fingerprint density at radius 1 is 1.15 bits per heavy atom. The summed E-state index contributed by atoms with van der Waals surface area (Å²) in [4.78, 5) is 13.4. The van der Waals surface area contributed by atoms with Crippen molar-refractivity contribution in [2.45, 2.75) is 57.1 Å². The quantitative estimate of drug-likeness (QED) is 0.488. The van der Waals surface area contributed by atoms with Gasteiger partial charge < -0.3 is 29.8 Å². The van der Waals surface area contributed by atoms with Crippen molar-refractivity contribution in [3.63, 3.8) is 0 Å². The molecule has 1 aliphatic heterocycles. The Hall–Kier alpha value is -3.03. The van der Waals surface area contributed by atoms with Crippen LogP contribution < -0.4 is 20.1 Å². The van der Waals surface area contributed by atoms with Crippen LogP contribution in [-0.4, -0.2) is 42.1 Å². The molecule has 2 heterocycles. The lowest BCUT2D eigenvalue weighted by molar-refractivity contribution is -0.118. The van der Waals surface area contributed by atoms with Gasteiger partial charge in [0.1, 0.15) is 0 Å². The maximum atomic E-state index is 13.4. The lowest BCUT2D eigenvalue weighted by atomic mass is 9.92. The molecule has 2 aliphatic rings. The molecule has 1 amide bonds. The highest BCUT2D eigenvalue weighted by atomic mass is 16.7. The molecule has 0 saturated heterocycles. The van der Waals surface area contributed by atoms with Crippen molar-refractivity contribution in [3.8, 4) is 11.5 Å².